The lowest BCUT2D eigenvalue weighted by molar-refractivity contribution is 0.0523. The zero-order chi connectivity index (χ0) is 25.1. The van der Waals surface area contributed by atoms with Crippen LogP contribution in [-0.2, 0) is 11.3 Å². The van der Waals surface area contributed by atoms with Gasteiger partial charge in [0.1, 0.15) is 12.1 Å². The summed E-state index contributed by atoms with van der Waals surface area (Å²) in [6.45, 7) is 1.45. The van der Waals surface area contributed by atoms with Crippen LogP contribution in [-0.4, -0.2) is 33.1 Å². The van der Waals surface area contributed by atoms with E-state index >= 15 is 0 Å². The number of aromatic nitrogens is 3. The second-order valence-electron chi connectivity index (χ2n) is 8.19. The van der Waals surface area contributed by atoms with E-state index in [0.29, 0.717) is 27.9 Å². The van der Waals surface area contributed by atoms with Crippen LogP contribution in [0, 0.1) is 0 Å². The molecule has 36 heavy (non-hydrogen) atoms. The van der Waals surface area contributed by atoms with Crippen LogP contribution in [0.3, 0.4) is 0 Å². The van der Waals surface area contributed by atoms with Gasteiger partial charge in [-0.15, -0.1) is 0 Å². The third-order valence-corrected chi connectivity index (χ3v) is 5.93. The van der Waals surface area contributed by atoms with Crippen molar-refractivity contribution in [2.75, 3.05) is 6.61 Å². The number of rotatable bonds is 7. The summed E-state index contributed by atoms with van der Waals surface area (Å²) in [6.07, 6.45) is 1.63. The molecule has 0 bridgehead atoms. The van der Waals surface area contributed by atoms with Gasteiger partial charge in [-0.2, -0.15) is 5.10 Å². The molecule has 0 aliphatic carbocycles. The summed E-state index contributed by atoms with van der Waals surface area (Å²) in [6, 6.07) is 25.8. The Bertz CT molecular complexity index is 1620. The van der Waals surface area contributed by atoms with E-state index in [2.05, 4.69) is 10.1 Å². The van der Waals surface area contributed by atoms with Gasteiger partial charge in [-0.1, -0.05) is 78.9 Å². The van der Waals surface area contributed by atoms with E-state index in [0.717, 1.165) is 15.6 Å². The molecule has 0 spiro atoms. The number of benzene rings is 3. The van der Waals surface area contributed by atoms with Crippen molar-refractivity contribution in [2.24, 2.45) is 0 Å². The molecule has 2 aromatic heterocycles. The molecule has 0 atom stereocenters. The maximum atomic E-state index is 13.7. The first-order valence-electron chi connectivity index (χ1n) is 11.6. The topological polar surface area (TPSA) is 94.0 Å². The fourth-order valence-corrected chi connectivity index (χ4v) is 4.28. The van der Waals surface area contributed by atoms with Gasteiger partial charge < -0.3 is 9.72 Å². The van der Waals surface area contributed by atoms with E-state index < -0.39 is 11.5 Å². The van der Waals surface area contributed by atoms with Crippen molar-refractivity contribution in [1.82, 2.24) is 14.8 Å². The molecule has 2 heterocycles. The van der Waals surface area contributed by atoms with E-state index in [9.17, 15) is 14.4 Å². The summed E-state index contributed by atoms with van der Waals surface area (Å²) in [7, 11) is 0. The highest BCUT2D eigenvalue weighted by atomic mass is 16.5. The van der Waals surface area contributed by atoms with E-state index in [-0.39, 0.29) is 24.5 Å². The lowest BCUT2D eigenvalue weighted by atomic mass is 9.95. The molecular weight excluding hydrogens is 454 g/mol. The SMILES string of the molecule is CCOC(=O)c1c(-c2ccccc2)c(-c2ccccc2)nn(CC(=O)c2c[nH]c3ccccc23)c1=O. The highest BCUT2D eigenvalue weighted by Crippen LogP contribution is 2.32. The standard InChI is InChI=1S/C29H23N3O4/c1-2-36-29(35)26-25(19-11-5-3-6-12-19)27(20-13-7-4-8-14-20)31-32(28(26)34)18-24(33)22-17-30-23-16-10-9-15-21(22)23/h3-17,30H,2,18H2,1H3. The average molecular weight is 478 g/mol. The van der Waals surface area contributed by atoms with Crippen LogP contribution >= 0.6 is 0 Å². The molecule has 0 aliphatic heterocycles. The van der Waals surface area contributed by atoms with Gasteiger partial charge in [-0.05, 0) is 18.6 Å². The van der Waals surface area contributed by atoms with Crippen molar-refractivity contribution in [2.45, 2.75) is 13.5 Å². The fourth-order valence-electron chi connectivity index (χ4n) is 4.28. The highest BCUT2D eigenvalue weighted by molar-refractivity contribution is 6.08. The lowest BCUT2D eigenvalue weighted by Crippen LogP contribution is -2.33. The first kappa shape index (κ1) is 23.0. The third kappa shape index (κ3) is 4.22. The van der Waals surface area contributed by atoms with Gasteiger partial charge in [-0.25, -0.2) is 9.48 Å². The number of nitrogens with zero attached hydrogens (tertiary/aromatic N) is 2. The smallest absolute Gasteiger partial charge is 0.344 e. The Morgan fingerprint density at radius 1 is 0.889 bits per heavy atom. The van der Waals surface area contributed by atoms with Crippen LogP contribution in [0.5, 0.6) is 0 Å². The Balaban J connectivity index is 1.72. The van der Waals surface area contributed by atoms with Gasteiger partial charge in [0.25, 0.3) is 5.56 Å². The number of Topliss-reactive ketones (excluding diaryl/α,β-unsaturated/α-hetero) is 1. The van der Waals surface area contributed by atoms with Crippen molar-refractivity contribution in [3.05, 3.63) is 113 Å². The predicted molar refractivity (Wildman–Crippen MR) is 138 cm³/mol. The lowest BCUT2D eigenvalue weighted by Gasteiger charge is -2.16. The molecule has 0 amide bonds. The predicted octanol–water partition coefficient (Wildman–Crippen LogP) is 5.12. The van der Waals surface area contributed by atoms with E-state index in [1.54, 1.807) is 13.1 Å². The number of ether oxygens (including phenoxy) is 1. The summed E-state index contributed by atoms with van der Waals surface area (Å²) in [5, 5.41) is 5.37. The summed E-state index contributed by atoms with van der Waals surface area (Å²) in [5.74, 6) is -1.06. The first-order chi connectivity index (χ1) is 17.6. The third-order valence-electron chi connectivity index (χ3n) is 5.93. The number of hydrogen-bond donors (Lipinski definition) is 1. The molecule has 0 aliphatic rings. The molecule has 0 radical (unpaired) electrons. The average Bonchev–Trinajstić information content (AvgIpc) is 3.35. The molecule has 7 nitrogen and oxygen atoms in total. The number of carbonyl (C=O) groups excluding carboxylic acids is 2. The van der Waals surface area contributed by atoms with Crippen LogP contribution in [0.4, 0.5) is 0 Å². The minimum Gasteiger partial charge on any atom is -0.462 e. The quantitative estimate of drug-likeness (QED) is 0.259. The second-order valence-corrected chi connectivity index (χ2v) is 8.19. The summed E-state index contributed by atoms with van der Waals surface area (Å²) in [5.41, 5.74) is 2.58. The van der Waals surface area contributed by atoms with Crippen LogP contribution in [0.25, 0.3) is 33.3 Å². The summed E-state index contributed by atoms with van der Waals surface area (Å²) >= 11 is 0. The number of carbonyl (C=O) groups is 2. The number of aromatic amines is 1. The van der Waals surface area contributed by atoms with E-state index in [4.69, 9.17) is 4.74 Å². The first-order valence-corrected chi connectivity index (χ1v) is 11.6. The molecule has 0 saturated heterocycles. The van der Waals surface area contributed by atoms with Gasteiger partial charge in [-0.3, -0.25) is 9.59 Å². The van der Waals surface area contributed by atoms with Crippen LogP contribution in [0.2, 0.25) is 0 Å². The van der Waals surface area contributed by atoms with Crippen molar-refractivity contribution < 1.29 is 14.3 Å². The molecule has 5 aromatic rings. The Morgan fingerprint density at radius 3 is 2.22 bits per heavy atom. The maximum Gasteiger partial charge on any atom is 0.344 e. The molecule has 7 heteroatoms. The molecule has 5 rings (SSSR count). The van der Waals surface area contributed by atoms with Crippen molar-refractivity contribution in [3.63, 3.8) is 0 Å². The Hall–Kier alpha value is -4.78. The minimum atomic E-state index is -0.755. The normalized spacial score (nSPS) is 10.9. The number of fused-ring (bicyclic) bond motifs is 1. The van der Waals surface area contributed by atoms with Crippen LogP contribution < -0.4 is 5.56 Å². The zero-order valence-corrected chi connectivity index (χ0v) is 19.6. The maximum absolute atomic E-state index is 13.7. The summed E-state index contributed by atoms with van der Waals surface area (Å²) < 4.78 is 6.34. The monoisotopic (exact) mass is 477 g/mol. The number of esters is 1. The number of ketones is 1. The van der Waals surface area contributed by atoms with Gasteiger partial charge >= 0.3 is 5.97 Å². The molecule has 0 fully saturated rings. The van der Waals surface area contributed by atoms with Crippen LogP contribution in [0.15, 0.2) is 95.9 Å². The molecule has 3 aromatic carbocycles. The largest absolute Gasteiger partial charge is 0.462 e. The summed E-state index contributed by atoms with van der Waals surface area (Å²) in [4.78, 5) is 43.2. The molecular formula is C29H23N3O4. The van der Waals surface area contributed by atoms with Gasteiger partial charge in [0, 0.05) is 33.8 Å². The van der Waals surface area contributed by atoms with Gasteiger partial charge in [0.15, 0.2) is 5.78 Å². The van der Waals surface area contributed by atoms with E-state index in [1.165, 1.54) is 0 Å². The van der Waals surface area contributed by atoms with Crippen molar-refractivity contribution >= 4 is 22.7 Å². The molecule has 1 N–H and O–H groups in total. The molecule has 0 unspecified atom stereocenters. The van der Waals surface area contributed by atoms with E-state index in [1.807, 2.05) is 84.9 Å². The molecule has 0 saturated carbocycles. The number of hydrogen-bond acceptors (Lipinski definition) is 5. The number of nitrogens with one attached hydrogen (secondary N) is 1. The Morgan fingerprint density at radius 2 is 1.53 bits per heavy atom. The van der Waals surface area contributed by atoms with Gasteiger partial charge in [0.05, 0.1) is 12.3 Å². The molecule has 178 valence electrons. The number of H-pyrrole nitrogens is 1. The zero-order valence-electron chi connectivity index (χ0n) is 19.6. The van der Waals surface area contributed by atoms with Gasteiger partial charge in [0.2, 0.25) is 0 Å². The second kappa shape index (κ2) is 9.84. The number of para-hydroxylation sites is 1. The minimum absolute atomic E-state index is 0.101. The van der Waals surface area contributed by atoms with Crippen molar-refractivity contribution in [3.8, 4) is 22.4 Å². The fraction of sp³-hybridized carbons (Fsp3) is 0.103. The van der Waals surface area contributed by atoms with Crippen molar-refractivity contribution in [1.29, 1.82) is 0 Å². The highest BCUT2D eigenvalue weighted by Gasteiger charge is 2.27. The van der Waals surface area contributed by atoms with Crippen LogP contribution in [0.1, 0.15) is 27.6 Å². The Labute approximate surface area is 207 Å². The Kier molecular flexibility index (Phi) is 6.28.